The van der Waals surface area contributed by atoms with E-state index in [-0.39, 0.29) is 16.7 Å². The van der Waals surface area contributed by atoms with Crippen LogP contribution in [-0.2, 0) is 15.0 Å². The number of carbonyl (C=O) groups excluding carboxylic acids is 2. The zero-order valence-corrected chi connectivity index (χ0v) is 14.5. The molecule has 0 aliphatic heterocycles. The number of rotatable bonds is 5. The summed E-state index contributed by atoms with van der Waals surface area (Å²) in [6, 6.07) is 9.03. The van der Waals surface area contributed by atoms with Crippen molar-refractivity contribution in [2.45, 2.75) is 11.8 Å². The van der Waals surface area contributed by atoms with Crippen molar-refractivity contribution in [2.75, 3.05) is 0 Å². The number of allylic oxidation sites excluding steroid dienone is 1. The SMILES string of the molecule is NC(=O)C1=C([N+](=O)[O-])CC(C(N)=O)(c2ccc(-c3ccccc3F)nc2)C=C1. The number of hydrogen-bond donors (Lipinski definition) is 2. The van der Waals surface area contributed by atoms with Gasteiger partial charge in [-0.25, -0.2) is 4.39 Å². The molecule has 28 heavy (non-hydrogen) atoms. The van der Waals surface area contributed by atoms with Crippen molar-refractivity contribution in [3.8, 4) is 11.3 Å². The molecule has 1 aliphatic rings. The lowest BCUT2D eigenvalue weighted by atomic mass is 9.73. The molecule has 1 aromatic carbocycles. The molecule has 9 heteroatoms. The largest absolute Gasteiger partial charge is 0.369 e. The summed E-state index contributed by atoms with van der Waals surface area (Å²) in [5, 5.41) is 11.4. The van der Waals surface area contributed by atoms with Gasteiger partial charge in [-0.2, -0.15) is 0 Å². The topological polar surface area (TPSA) is 142 Å². The highest BCUT2D eigenvalue weighted by Gasteiger charge is 2.44. The highest BCUT2D eigenvalue weighted by Crippen LogP contribution is 2.38. The van der Waals surface area contributed by atoms with Crippen molar-refractivity contribution in [3.63, 3.8) is 0 Å². The van der Waals surface area contributed by atoms with E-state index in [0.717, 1.165) is 6.08 Å². The Morgan fingerprint density at radius 2 is 1.89 bits per heavy atom. The first-order valence-corrected chi connectivity index (χ1v) is 8.14. The smallest absolute Gasteiger partial charge is 0.260 e. The van der Waals surface area contributed by atoms with Crippen LogP contribution in [0.2, 0.25) is 0 Å². The molecule has 1 atom stereocenters. The number of halogens is 1. The molecule has 8 nitrogen and oxygen atoms in total. The molecule has 4 N–H and O–H groups in total. The fourth-order valence-corrected chi connectivity index (χ4v) is 3.12. The molecule has 1 heterocycles. The number of nitrogens with two attached hydrogens (primary N) is 2. The average molecular weight is 382 g/mol. The molecular formula is C19H15FN4O4. The van der Waals surface area contributed by atoms with E-state index in [4.69, 9.17) is 11.5 Å². The molecule has 1 unspecified atom stereocenters. The molecule has 1 aromatic heterocycles. The monoisotopic (exact) mass is 382 g/mol. The van der Waals surface area contributed by atoms with E-state index in [0.29, 0.717) is 5.69 Å². The number of hydrogen-bond acceptors (Lipinski definition) is 5. The minimum Gasteiger partial charge on any atom is -0.369 e. The first-order chi connectivity index (χ1) is 13.3. The van der Waals surface area contributed by atoms with Gasteiger partial charge < -0.3 is 11.5 Å². The number of aromatic nitrogens is 1. The fraction of sp³-hybridized carbons (Fsp3) is 0.105. The van der Waals surface area contributed by atoms with E-state index in [9.17, 15) is 24.1 Å². The second-order valence-corrected chi connectivity index (χ2v) is 6.24. The third kappa shape index (κ3) is 3.13. The minimum absolute atomic E-state index is 0.267. The van der Waals surface area contributed by atoms with Gasteiger partial charge in [-0.15, -0.1) is 0 Å². The third-order valence-corrected chi connectivity index (χ3v) is 4.65. The van der Waals surface area contributed by atoms with E-state index in [1.807, 2.05) is 0 Å². The lowest BCUT2D eigenvalue weighted by Gasteiger charge is -2.29. The molecule has 0 bridgehead atoms. The maximum atomic E-state index is 13.9. The minimum atomic E-state index is -1.58. The molecule has 2 amide bonds. The Balaban J connectivity index is 2.06. The van der Waals surface area contributed by atoms with Crippen molar-refractivity contribution in [1.82, 2.24) is 4.98 Å². The van der Waals surface area contributed by atoms with Crippen LogP contribution >= 0.6 is 0 Å². The summed E-state index contributed by atoms with van der Waals surface area (Å²) in [5.41, 5.74) is 9.22. The summed E-state index contributed by atoms with van der Waals surface area (Å²) in [7, 11) is 0. The van der Waals surface area contributed by atoms with Gasteiger partial charge in [0.15, 0.2) is 0 Å². The molecule has 0 saturated heterocycles. The summed E-state index contributed by atoms with van der Waals surface area (Å²) in [5.74, 6) is -2.30. The van der Waals surface area contributed by atoms with Gasteiger partial charge in [-0.05, 0) is 29.8 Å². The zero-order chi connectivity index (χ0) is 20.5. The predicted octanol–water partition coefficient (Wildman–Crippen LogP) is 1.59. The Kier molecular flexibility index (Phi) is 4.74. The average Bonchev–Trinajstić information content (AvgIpc) is 2.67. The first kappa shape index (κ1) is 18.9. The van der Waals surface area contributed by atoms with Crippen LogP contribution < -0.4 is 11.5 Å². The molecule has 2 aromatic rings. The number of carbonyl (C=O) groups is 2. The van der Waals surface area contributed by atoms with Crippen LogP contribution in [0.25, 0.3) is 11.3 Å². The maximum absolute atomic E-state index is 13.9. The number of pyridine rings is 1. The zero-order valence-electron chi connectivity index (χ0n) is 14.5. The second kappa shape index (κ2) is 7.03. The van der Waals surface area contributed by atoms with E-state index in [2.05, 4.69) is 4.98 Å². The number of nitro groups is 1. The van der Waals surface area contributed by atoms with Gasteiger partial charge >= 0.3 is 0 Å². The lowest BCUT2D eigenvalue weighted by molar-refractivity contribution is -0.429. The van der Waals surface area contributed by atoms with Crippen LogP contribution in [0.1, 0.15) is 12.0 Å². The summed E-state index contributed by atoms with van der Waals surface area (Å²) in [6.07, 6.45) is 3.29. The van der Waals surface area contributed by atoms with Crippen LogP contribution in [0.3, 0.4) is 0 Å². The molecule has 0 radical (unpaired) electrons. The predicted molar refractivity (Wildman–Crippen MR) is 97.5 cm³/mol. The normalized spacial score (nSPS) is 18.8. The van der Waals surface area contributed by atoms with Crippen molar-refractivity contribution in [3.05, 3.63) is 87.5 Å². The van der Waals surface area contributed by atoms with Gasteiger partial charge in [0.1, 0.15) is 16.8 Å². The first-order valence-electron chi connectivity index (χ1n) is 8.14. The Hall–Kier alpha value is -3.88. The molecular weight excluding hydrogens is 367 g/mol. The van der Waals surface area contributed by atoms with Crippen LogP contribution in [-0.4, -0.2) is 21.7 Å². The third-order valence-electron chi connectivity index (χ3n) is 4.65. The highest BCUT2D eigenvalue weighted by molar-refractivity contribution is 5.98. The molecule has 1 aliphatic carbocycles. The molecule has 3 rings (SSSR count). The summed E-state index contributed by atoms with van der Waals surface area (Å²) in [6.45, 7) is 0. The summed E-state index contributed by atoms with van der Waals surface area (Å²) < 4.78 is 13.9. The molecule has 0 fully saturated rings. The van der Waals surface area contributed by atoms with Crippen LogP contribution in [0.15, 0.2) is 66.0 Å². The highest BCUT2D eigenvalue weighted by atomic mass is 19.1. The molecule has 0 spiro atoms. The van der Waals surface area contributed by atoms with E-state index < -0.39 is 40.1 Å². The van der Waals surface area contributed by atoms with Gasteiger partial charge in [-0.1, -0.05) is 24.3 Å². The summed E-state index contributed by atoms with van der Waals surface area (Å²) in [4.78, 5) is 38.5. The van der Waals surface area contributed by atoms with Crippen LogP contribution in [0.5, 0.6) is 0 Å². The Bertz CT molecular complexity index is 1050. The van der Waals surface area contributed by atoms with Crippen LogP contribution in [0, 0.1) is 15.9 Å². The number of nitrogens with zero attached hydrogens (tertiary/aromatic N) is 2. The van der Waals surface area contributed by atoms with Crippen molar-refractivity contribution in [1.29, 1.82) is 0 Å². The van der Waals surface area contributed by atoms with Crippen molar-refractivity contribution < 1.29 is 18.9 Å². The van der Waals surface area contributed by atoms with Gasteiger partial charge in [0.25, 0.3) is 11.6 Å². The second-order valence-electron chi connectivity index (χ2n) is 6.24. The standard InChI is InChI=1S/C19H15FN4O4/c20-14-4-2-1-3-12(14)15-6-5-11(10-23-15)19(18(22)26)8-7-13(17(21)25)16(9-19)24(27)28/h1-8,10H,9H2,(H2,21,25)(H2,22,26). The summed E-state index contributed by atoms with van der Waals surface area (Å²) >= 11 is 0. The van der Waals surface area contributed by atoms with E-state index >= 15 is 0 Å². The van der Waals surface area contributed by atoms with Crippen LogP contribution in [0.4, 0.5) is 4.39 Å². The lowest BCUT2D eigenvalue weighted by Crippen LogP contribution is -2.42. The van der Waals surface area contributed by atoms with Gasteiger partial charge in [0.05, 0.1) is 17.0 Å². The van der Waals surface area contributed by atoms with E-state index in [1.54, 1.807) is 18.2 Å². The number of amides is 2. The Morgan fingerprint density at radius 1 is 1.18 bits per heavy atom. The maximum Gasteiger partial charge on any atom is 0.260 e. The van der Waals surface area contributed by atoms with E-state index in [1.165, 1.54) is 30.5 Å². The Labute approximate surface area is 158 Å². The number of benzene rings is 1. The molecule has 142 valence electrons. The molecule has 0 saturated carbocycles. The van der Waals surface area contributed by atoms with Gasteiger partial charge in [-0.3, -0.25) is 24.7 Å². The van der Waals surface area contributed by atoms with Crippen molar-refractivity contribution in [2.24, 2.45) is 11.5 Å². The quantitative estimate of drug-likeness (QED) is 0.596. The fourth-order valence-electron chi connectivity index (χ4n) is 3.12. The number of primary amides is 2. The Morgan fingerprint density at radius 3 is 2.43 bits per heavy atom. The van der Waals surface area contributed by atoms with Crippen molar-refractivity contribution >= 4 is 11.8 Å². The van der Waals surface area contributed by atoms with Gasteiger partial charge in [0, 0.05) is 11.8 Å². The van der Waals surface area contributed by atoms with Gasteiger partial charge in [0.2, 0.25) is 5.91 Å².